The highest BCUT2D eigenvalue weighted by Gasteiger charge is 2.52. The molecule has 7 nitrogen and oxygen atoms in total. The van der Waals surface area contributed by atoms with Crippen molar-refractivity contribution in [2.24, 2.45) is 5.92 Å². The maximum absolute atomic E-state index is 12.5. The monoisotopic (exact) mass is 336 g/mol. The summed E-state index contributed by atoms with van der Waals surface area (Å²) in [4.78, 5) is 37.7. The first-order valence-corrected chi connectivity index (χ1v) is 9.22. The minimum absolute atomic E-state index is 0.0910. The molecule has 2 saturated heterocycles. The second-order valence-corrected chi connectivity index (χ2v) is 7.28. The van der Waals surface area contributed by atoms with E-state index in [-0.39, 0.29) is 30.8 Å². The molecule has 0 aromatic heterocycles. The highest BCUT2D eigenvalue weighted by molar-refractivity contribution is 6.07. The summed E-state index contributed by atoms with van der Waals surface area (Å²) in [5.41, 5.74) is -0.679. The summed E-state index contributed by atoms with van der Waals surface area (Å²) < 4.78 is 0. The van der Waals surface area contributed by atoms with Gasteiger partial charge in [0.05, 0.1) is 0 Å². The number of hydrogen-bond acceptors (Lipinski definition) is 4. The number of carbonyl (C=O) groups is 3. The van der Waals surface area contributed by atoms with E-state index in [1.807, 2.05) is 0 Å². The van der Waals surface area contributed by atoms with Crippen LogP contribution < -0.4 is 16.0 Å². The third kappa shape index (κ3) is 3.71. The molecule has 0 aromatic rings. The van der Waals surface area contributed by atoms with E-state index in [2.05, 4.69) is 16.0 Å². The van der Waals surface area contributed by atoms with Crippen LogP contribution in [0.3, 0.4) is 0 Å². The van der Waals surface area contributed by atoms with E-state index in [9.17, 15) is 14.4 Å². The lowest BCUT2D eigenvalue weighted by Crippen LogP contribution is -2.44. The number of piperidine rings is 1. The van der Waals surface area contributed by atoms with Gasteiger partial charge in [0.15, 0.2) is 0 Å². The van der Waals surface area contributed by atoms with Crippen molar-refractivity contribution in [1.82, 2.24) is 20.9 Å². The van der Waals surface area contributed by atoms with Gasteiger partial charge in [-0.1, -0.05) is 12.8 Å². The lowest BCUT2D eigenvalue weighted by Gasteiger charge is -2.22. The Morgan fingerprint density at radius 2 is 2.04 bits per heavy atom. The number of nitrogens with zero attached hydrogens (tertiary/aromatic N) is 1. The molecule has 3 rings (SSSR count). The van der Waals surface area contributed by atoms with Crippen LogP contribution in [0.15, 0.2) is 0 Å². The molecular weight excluding hydrogens is 308 g/mol. The molecule has 134 valence electrons. The lowest BCUT2D eigenvalue weighted by atomic mass is 9.96. The topological polar surface area (TPSA) is 90.5 Å². The largest absolute Gasteiger partial charge is 0.356 e. The van der Waals surface area contributed by atoms with E-state index >= 15 is 0 Å². The normalized spacial score (nSPS) is 26.0. The predicted octanol–water partition coefficient (Wildman–Crippen LogP) is 0.747. The second kappa shape index (κ2) is 7.51. The Kier molecular flexibility index (Phi) is 5.38. The quantitative estimate of drug-likeness (QED) is 0.624. The first kappa shape index (κ1) is 17.2. The molecule has 0 aromatic carbocycles. The van der Waals surface area contributed by atoms with Gasteiger partial charge in [-0.25, -0.2) is 4.79 Å². The molecule has 24 heavy (non-hydrogen) atoms. The minimum Gasteiger partial charge on any atom is -0.356 e. The number of nitrogens with one attached hydrogen (secondary N) is 3. The number of urea groups is 1. The smallest absolute Gasteiger partial charge is 0.325 e. The third-order valence-corrected chi connectivity index (χ3v) is 5.54. The van der Waals surface area contributed by atoms with Crippen molar-refractivity contribution in [3.05, 3.63) is 0 Å². The highest BCUT2D eigenvalue weighted by Crippen LogP contribution is 2.34. The van der Waals surface area contributed by atoms with Crippen molar-refractivity contribution < 1.29 is 14.4 Å². The average Bonchev–Trinajstić information content (AvgIpc) is 3.13. The maximum Gasteiger partial charge on any atom is 0.325 e. The molecule has 3 aliphatic rings. The van der Waals surface area contributed by atoms with Gasteiger partial charge in [0.25, 0.3) is 5.91 Å². The highest BCUT2D eigenvalue weighted by atomic mass is 16.2. The average molecular weight is 336 g/mol. The number of amides is 4. The maximum atomic E-state index is 12.5. The van der Waals surface area contributed by atoms with Gasteiger partial charge < -0.3 is 16.0 Å². The first-order chi connectivity index (χ1) is 11.6. The molecule has 1 spiro atoms. The van der Waals surface area contributed by atoms with Gasteiger partial charge in [0.2, 0.25) is 5.91 Å². The Morgan fingerprint density at radius 3 is 2.75 bits per heavy atom. The van der Waals surface area contributed by atoms with E-state index in [0.29, 0.717) is 12.5 Å². The molecule has 1 atom stereocenters. The van der Waals surface area contributed by atoms with Crippen LogP contribution in [0.25, 0.3) is 0 Å². The first-order valence-electron chi connectivity index (χ1n) is 9.22. The van der Waals surface area contributed by atoms with Crippen LogP contribution in [0.4, 0.5) is 4.79 Å². The summed E-state index contributed by atoms with van der Waals surface area (Å²) in [7, 11) is 0. The van der Waals surface area contributed by atoms with E-state index in [4.69, 9.17) is 0 Å². The Morgan fingerprint density at radius 1 is 1.25 bits per heavy atom. The van der Waals surface area contributed by atoms with Crippen molar-refractivity contribution in [2.45, 2.75) is 56.9 Å². The molecule has 1 aliphatic carbocycles. The number of hydrogen-bond donors (Lipinski definition) is 3. The lowest BCUT2D eigenvalue weighted by molar-refractivity contribution is -0.131. The van der Waals surface area contributed by atoms with Crippen LogP contribution in [0.5, 0.6) is 0 Å². The van der Waals surface area contributed by atoms with Gasteiger partial charge in [-0.15, -0.1) is 0 Å². The SMILES string of the molecule is O=C(CCN1C(=O)NC2(CCCC2)C1=O)NCCC1CCCNC1. The molecule has 3 fully saturated rings. The van der Waals surface area contributed by atoms with Crippen molar-refractivity contribution in [3.63, 3.8) is 0 Å². The number of rotatable bonds is 6. The molecule has 7 heteroatoms. The van der Waals surface area contributed by atoms with Gasteiger partial charge in [-0.05, 0) is 51.1 Å². The Balaban J connectivity index is 1.38. The fourth-order valence-electron chi connectivity index (χ4n) is 4.08. The summed E-state index contributed by atoms with van der Waals surface area (Å²) in [6.07, 6.45) is 6.95. The zero-order chi connectivity index (χ0) is 17.0. The molecule has 0 bridgehead atoms. The molecule has 4 amide bonds. The fraction of sp³-hybridized carbons (Fsp3) is 0.824. The Labute approximate surface area is 142 Å². The Bertz CT molecular complexity index is 496. The van der Waals surface area contributed by atoms with E-state index < -0.39 is 5.54 Å². The van der Waals surface area contributed by atoms with Crippen molar-refractivity contribution in [3.8, 4) is 0 Å². The Hall–Kier alpha value is -1.63. The van der Waals surface area contributed by atoms with Crippen molar-refractivity contribution in [2.75, 3.05) is 26.2 Å². The van der Waals surface area contributed by atoms with E-state index in [1.54, 1.807) is 0 Å². The number of carbonyl (C=O) groups excluding carboxylic acids is 3. The molecule has 1 saturated carbocycles. The van der Waals surface area contributed by atoms with E-state index in [1.165, 1.54) is 17.7 Å². The van der Waals surface area contributed by atoms with Gasteiger partial charge in [-0.3, -0.25) is 14.5 Å². The zero-order valence-corrected chi connectivity index (χ0v) is 14.2. The van der Waals surface area contributed by atoms with Gasteiger partial charge in [0, 0.05) is 19.5 Å². The van der Waals surface area contributed by atoms with Crippen LogP contribution in [0.2, 0.25) is 0 Å². The van der Waals surface area contributed by atoms with Gasteiger partial charge in [-0.2, -0.15) is 0 Å². The van der Waals surface area contributed by atoms with Crippen LogP contribution in [0, 0.1) is 5.92 Å². The third-order valence-electron chi connectivity index (χ3n) is 5.54. The van der Waals surface area contributed by atoms with Gasteiger partial charge in [0.1, 0.15) is 5.54 Å². The van der Waals surface area contributed by atoms with Crippen LogP contribution in [-0.4, -0.2) is 54.5 Å². The van der Waals surface area contributed by atoms with E-state index in [0.717, 1.165) is 45.2 Å². The fourth-order valence-corrected chi connectivity index (χ4v) is 4.08. The van der Waals surface area contributed by atoms with Crippen LogP contribution in [-0.2, 0) is 9.59 Å². The molecular formula is C17H28N4O3. The summed E-state index contributed by atoms with van der Waals surface area (Å²) in [6.45, 7) is 2.95. The molecule has 3 N–H and O–H groups in total. The molecule has 1 unspecified atom stereocenters. The molecule has 0 radical (unpaired) electrons. The van der Waals surface area contributed by atoms with Crippen molar-refractivity contribution in [1.29, 1.82) is 0 Å². The summed E-state index contributed by atoms with van der Waals surface area (Å²) in [5.74, 6) is 0.394. The van der Waals surface area contributed by atoms with Crippen LogP contribution >= 0.6 is 0 Å². The number of imide groups is 1. The summed E-state index contributed by atoms with van der Waals surface area (Å²) in [5, 5.41) is 9.11. The minimum atomic E-state index is -0.679. The second-order valence-electron chi connectivity index (χ2n) is 7.28. The summed E-state index contributed by atoms with van der Waals surface area (Å²) >= 11 is 0. The van der Waals surface area contributed by atoms with Crippen molar-refractivity contribution >= 4 is 17.8 Å². The summed E-state index contributed by atoms with van der Waals surface area (Å²) in [6, 6.07) is -0.344. The standard InChI is InChI=1S/C17H28N4O3/c22-14(19-10-5-13-4-3-9-18-12-13)6-11-21-15(23)17(20-16(21)24)7-1-2-8-17/h13,18H,1-12H2,(H,19,22)(H,20,24). The van der Waals surface area contributed by atoms with Crippen LogP contribution in [0.1, 0.15) is 51.4 Å². The van der Waals surface area contributed by atoms with Gasteiger partial charge >= 0.3 is 6.03 Å². The zero-order valence-electron chi connectivity index (χ0n) is 14.2. The molecule has 2 aliphatic heterocycles. The molecule has 2 heterocycles. The predicted molar refractivity (Wildman–Crippen MR) is 89.3 cm³/mol.